The number of hydrogen-bond acceptors (Lipinski definition) is 5. The van der Waals surface area contributed by atoms with E-state index in [2.05, 4.69) is 21.2 Å². The quantitative estimate of drug-likeness (QED) is 0.692. The van der Waals surface area contributed by atoms with Crippen LogP contribution in [0.3, 0.4) is 0 Å². The maximum Gasteiger partial charge on any atom is 0.231 e. The third kappa shape index (κ3) is 4.00. The van der Waals surface area contributed by atoms with Gasteiger partial charge in [0.15, 0.2) is 17.2 Å². The molecular weight excluding hydrogens is 464 g/mol. The van der Waals surface area contributed by atoms with Gasteiger partial charge in [-0.15, -0.1) is 0 Å². The average Bonchev–Trinajstić information content (AvgIpc) is 3.30. The van der Waals surface area contributed by atoms with Gasteiger partial charge in [-0.05, 0) is 47.1 Å². The fraction of sp³-hybridized carbons (Fsp3) is 0.300. The number of benzene rings is 2. The Morgan fingerprint density at radius 1 is 1.31 bits per heavy atom. The van der Waals surface area contributed by atoms with Gasteiger partial charge >= 0.3 is 0 Å². The maximum absolute atomic E-state index is 12.9. The number of nitrogens with zero attached hydrogens (tertiary/aromatic N) is 1. The third-order valence-corrected chi connectivity index (χ3v) is 5.53. The van der Waals surface area contributed by atoms with E-state index in [9.17, 15) is 9.59 Å². The molecular formula is C20H18BrClN2O5. The molecule has 0 saturated carbocycles. The molecule has 1 fully saturated rings. The molecule has 1 saturated heterocycles. The van der Waals surface area contributed by atoms with Crippen LogP contribution in [0.2, 0.25) is 5.02 Å². The van der Waals surface area contributed by atoms with Crippen LogP contribution in [0.15, 0.2) is 34.8 Å². The number of anilines is 2. The van der Waals surface area contributed by atoms with Crippen molar-refractivity contribution in [2.45, 2.75) is 13.3 Å². The number of ether oxygens (including phenoxy) is 3. The van der Waals surface area contributed by atoms with E-state index in [1.807, 2.05) is 6.92 Å². The van der Waals surface area contributed by atoms with Crippen molar-refractivity contribution < 1.29 is 23.8 Å². The summed E-state index contributed by atoms with van der Waals surface area (Å²) >= 11 is 9.52. The summed E-state index contributed by atoms with van der Waals surface area (Å²) in [5, 5.41) is 3.31. The fourth-order valence-corrected chi connectivity index (χ4v) is 4.29. The third-order valence-electron chi connectivity index (χ3n) is 4.72. The van der Waals surface area contributed by atoms with Gasteiger partial charge in [0.1, 0.15) is 0 Å². The van der Waals surface area contributed by atoms with Crippen molar-refractivity contribution in [3.63, 3.8) is 0 Å². The van der Waals surface area contributed by atoms with Crippen LogP contribution in [0.4, 0.5) is 11.4 Å². The van der Waals surface area contributed by atoms with E-state index in [4.69, 9.17) is 25.8 Å². The maximum atomic E-state index is 12.9. The lowest BCUT2D eigenvalue weighted by molar-refractivity contribution is -0.122. The normalized spacial score (nSPS) is 17.6. The van der Waals surface area contributed by atoms with Crippen molar-refractivity contribution in [1.82, 2.24) is 0 Å². The highest BCUT2D eigenvalue weighted by Crippen LogP contribution is 2.39. The Morgan fingerprint density at radius 2 is 2.10 bits per heavy atom. The lowest BCUT2D eigenvalue weighted by Gasteiger charge is -2.18. The Kier molecular flexibility index (Phi) is 5.56. The minimum atomic E-state index is -0.500. The van der Waals surface area contributed by atoms with Crippen molar-refractivity contribution in [2.75, 3.05) is 30.2 Å². The molecule has 1 unspecified atom stereocenters. The Labute approximate surface area is 181 Å². The van der Waals surface area contributed by atoms with E-state index >= 15 is 0 Å². The second-order valence-electron chi connectivity index (χ2n) is 6.63. The number of carbonyl (C=O) groups excluding carboxylic acids is 2. The molecule has 7 nitrogen and oxygen atoms in total. The van der Waals surface area contributed by atoms with Gasteiger partial charge in [-0.2, -0.15) is 0 Å². The van der Waals surface area contributed by atoms with Crippen LogP contribution in [0, 0.1) is 5.92 Å². The molecule has 4 rings (SSSR count). The molecule has 2 heterocycles. The summed E-state index contributed by atoms with van der Waals surface area (Å²) < 4.78 is 16.9. The number of rotatable bonds is 5. The zero-order valence-electron chi connectivity index (χ0n) is 15.5. The van der Waals surface area contributed by atoms with Crippen LogP contribution in [-0.2, 0) is 9.59 Å². The topological polar surface area (TPSA) is 77.1 Å². The van der Waals surface area contributed by atoms with Crippen molar-refractivity contribution in [3.05, 3.63) is 39.8 Å². The van der Waals surface area contributed by atoms with Gasteiger partial charge < -0.3 is 24.4 Å². The minimum absolute atomic E-state index is 0.117. The molecule has 9 heteroatoms. The van der Waals surface area contributed by atoms with E-state index in [1.165, 1.54) is 0 Å². The van der Waals surface area contributed by atoms with Crippen LogP contribution in [0.1, 0.15) is 13.3 Å². The first-order valence-electron chi connectivity index (χ1n) is 9.09. The Bertz CT molecular complexity index is 984. The standard InChI is InChI=1S/C20H18BrClN2O5/c1-2-27-19-14(21)6-12(22)7-15(19)23-20(26)11-5-18(25)24(9-11)13-3-4-16-17(8-13)29-10-28-16/h3-4,6-8,11H,2,5,9-10H2,1H3,(H,23,26). The van der Waals surface area contributed by atoms with Crippen LogP contribution >= 0.6 is 27.5 Å². The van der Waals surface area contributed by atoms with Crippen molar-refractivity contribution >= 4 is 50.7 Å². The molecule has 0 aromatic heterocycles. The number of halogens is 2. The molecule has 152 valence electrons. The molecule has 0 aliphatic carbocycles. The molecule has 1 N–H and O–H groups in total. The fourth-order valence-electron chi connectivity index (χ4n) is 3.36. The van der Waals surface area contributed by atoms with Gasteiger partial charge in [0, 0.05) is 29.7 Å². The first-order valence-corrected chi connectivity index (χ1v) is 10.3. The summed E-state index contributed by atoms with van der Waals surface area (Å²) in [6.45, 7) is 2.72. The number of hydrogen-bond donors (Lipinski definition) is 1. The molecule has 0 radical (unpaired) electrons. The van der Waals surface area contributed by atoms with Crippen molar-refractivity contribution in [1.29, 1.82) is 0 Å². The van der Waals surface area contributed by atoms with Gasteiger partial charge in [-0.3, -0.25) is 9.59 Å². The van der Waals surface area contributed by atoms with Crippen LogP contribution in [0.25, 0.3) is 0 Å². The second-order valence-corrected chi connectivity index (χ2v) is 7.92. The first-order chi connectivity index (χ1) is 14.0. The first kappa shape index (κ1) is 19.8. The summed E-state index contributed by atoms with van der Waals surface area (Å²) in [7, 11) is 0. The molecule has 29 heavy (non-hydrogen) atoms. The smallest absolute Gasteiger partial charge is 0.231 e. The molecule has 2 aromatic rings. The molecule has 1 atom stereocenters. The Hall–Kier alpha value is -2.45. The summed E-state index contributed by atoms with van der Waals surface area (Å²) in [6.07, 6.45) is 0.117. The Balaban J connectivity index is 1.50. The predicted octanol–water partition coefficient (Wildman–Crippen LogP) is 4.22. The molecule has 2 aliphatic heterocycles. The van der Waals surface area contributed by atoms with Gasteiger partial charge in [-0.25, -0.2) is 0 Å². The number of carbonyl (C=O) groups is 2. The molecule has 2 aromatic carbocycles. The van der Waals surface area contributed by atoms with Crippen LogP contribution in [-0.4, -0.2) is 31.8 Å². The minimum Gasteiger partial charge on any atom is -0.491 e. The Morgan fingerprint density at radius 3 is 2.90 bits per heavy atom. The largest absolute Gasteiger partial charge is 0.491 e. The van der Waals surface area contributed by atoms with E-state index in [0.717, 1.165) is 0 Å². The van der Waals surface area contributed by atoms with E-state index in [0.29, 0.717) is 44.7 Å². The number of amides is 2. The average molecular weight is 482 g/mol. The van der Waals surface area contributed by atoms with E-state index < -0.39 is 5.92 Å². The van der Waals surface area contributed by atoms with Gasteiger partial charge in [0.2, 0.25) is 18.6 Å². The zero-order valence-corrected chi connectivity index (χ0v) is 17.9. The van der Waals surface area contributed by atoms with Crippen molar-refractivity contribution in [3.8, 4) is 17.2 Å². The highest BCUT2D eigenvalue weighted by Gasteiger charge is 2.36. The van der Waals surface area contributed by atoms with Gasteiger partial charge in [0.25, 0.3) is 0 Å². The van der Waals surface area contributed by atoms with Crippen LogP contribution in [0.5, 0.6) is 17.2 Å². The molecule has 2 amide bonds. The summed E-state index contributed by atoms with van der Waals surface area (Å²) in [4.78, 5) is 27.0. The van der Waals surface area contributed by atoms with Gasteiger partial charge in [-0.1, -0.05) is 11.6 Å². The highest BCUT2D eigenvalue weighted by atomic mass is 79.9. The second kappa shape index (κ2) is 8.12. The zero-order chi connectivity index (χ0) is 20.5. The lowest BCUT2D eigenvalue weighted by atomic mass is 10.1. The molecule has 0 bridgehead atoms. The SMILES string of the molecule is CCOc1c(Br)cc(Cl)cc1NC(=O)C1CC(=O)N(c2ccc3c(c2)OCO3)C1. The van der Waals surface area contributed by atoms with Crippen LogP contribution < -0.4 is 24.4 Å². The predicted molar refractivity (Wildman–Crippen MR) is 112 cm³/mol. The molecule has 0 spiro atoms. The van der Waals surface area contributed by atoms with Gasteiger partial charge in [0.05, 0.1) is 22.7 Å². The van der Waals surface area contributed by atoms with E-state index in [-0.39, 0.29) is 31.6 Å². The van der Waals surface area contributed by atoms with E-state index in [1.54, 1.807) is 35.2 Å². The monoisotopic (exact) mass is 480 g/mol. The number of fused-ring (bicyclic) bond motifs is 1. The summed E-state index contributed by atoms with van der Waals surface area (Å²) in [5.41, 5.74) is 1.14. The number of nitrogens with one attached hydrogen (secondary N) is 1. The summed E-state index contributed by atoms with van der Waals surface area (Å²) in [5.74, 6) is 0.846. The van der Waals surface area contributed by atoms with Crippen molar-refractivity contribution in [2.24, 2.45) is 5.92 Å². The highest BCUT2D eigenvalue weighted by molar-refractivity contribution is 9.10. The lowest BCUT2D eigenvalue weighted by Crippen LogP contribution is -2.28. The molecule has 2 aliphatic rings. The summed E-state index contributed by atoms with van der Waals surface area (Å²) in [6, 6.07) is 8.62.